The Kier molecular flexibility index (Phi) is 5.32. The second kappa shape index (κ2) is 8.06. The number of hydroxylamine groups is 1. The van der Waals surface area contributed by atoms with Gasteiger partial charge in [-0.3, -0.25) is 14.4 Å². The summed E-state index contributed by atoms with van der Waals surface area (Å²) in [5.41, 5.74) is 0.682. The third-order valence-electron chi connectivity index (χ3n) is 6.22. The van der Waals surface area contributed by atoms with E-state index in [0.29, 0.717) is 21.5 Å². The number of anilines is 2. The van der Waals surface area contributed by atoms with Crippen LogP contribution in [0.2, 0.25) is 10.0 Å². The highest BCUT2D eigenvalue weighted by atomic mass is 35.5. The zero-order valence-electron chi connectivity index (χ0n) is 17.9. The topological polar surface area (TPSA) is 59.1 Å². The lowest BCUT2D eigenvalue weighted by molar-refractivity contribution is -0.128. The van der Waals surface area contributed by atoms with E-state index < -0.39 is 23.5 Å². The molecule has 2 amide bonds. The maximum absolute atomic E-state index is 13.9. The van der Waals surface area contributed by atoms with Crippen molar-refractivity contribution in [3.63, 3.8) is 0 Å². The van der Waals surface area contributed by atoms with Crippen LogP contribution in [0.4, 0.5) is 11.4 Å². The van der Waals surface area contributed by atoms with E-state index in [-0.39, 0.29) is 5.91 Å². The quantitative estimate of drug-likeness (QED) is 0.463. The van der Waals surface area contributed by atoms with Crippen LogP contribution in [0.15, 0.2) is 72.8 Å². The van der Waals surface area contributed by atoms with E-state index in [1.54, 1.807) is 37.3 Å². The van der Waals surface area contributed by atoms with Gasteiger partial charge >= 0.3 is 0 Å². The Morgan fingerprint density at radius 1 is 0.909 bits per heavy atom. The minimum atomic E-state index is -1.20. The van der Waals surface area contributed by atoms with Crippen LogP contribution in [0.1, 0.15) is 18.5 Å². The van der Waals surface area contributed by atoms with E-state index in [2.05, 4.69) is 0 Å². The van der Waals surface area contributed by atoms with E-state index in [1.807, 2.05) is 54.6 Å². The van der Waals surface area contributed by atoms with Gasteiger partial charge in [0.25, 0.3) is 5.91 Å². The molecule has 8 heteroatoms. The van der Waals surface area contributed by atoms with Crippen molar-refractivity contribution in [2.75, 3.05) is 17.1 Å². The lowest BCUT2D eigenvalue weighted by Crippen LogP contribution is -2.41. The number of fused-ring (bicyclic) bond motifs is 1. The first-order valence-corrected chi connectivity index (χ1v) is 11.1. The fourth-order valence-electron chi connectivity index (χ4n) is 4.63. The van der Waals surface area contributed by atoms with Gasteiger partial charge in [-0.05, 0) is 55.0 Å². The summed E-state index contributed by atoms with van der Waals surface area (Å²) in [5.74, 6) is -0.150. The standard InChI is InChI=1S/C25H20Cl2N2O4/c1-25-21(15-8-10-20(32-2)11-9-15)29(18-6-4-3-5-7-18)33-22(25)23(30)28(24(25)31)19-13-16(26)12-17(27)14-19/h3-14,21-22H,1-2H3/t21-,22+,25+/m0/s1. The van der Waals surface area contributed by atoms with E-state index in [1.165, 1.54) is 0 Å². The van der Waals surface area contributed by atoms with E-state index >= 15 is 0 Å². The van der Waals surface area contributed by atoms with Gasteiger partial charge in [-0.1, -0.05) is 53.5 Å². The number of nitrogens with zero attached hydrogens (tertiary/aromatic N) is 2. The number of rotatable bonds is 4. The maximum Gasteiger partial charge on any atom is 0.266 e. The Hall–Kier alpha value is -3.06. The molecule has 0 bridgehead atoms. The molecule has 2 aliphatic rings. The highest BCUT2D eigenvalue weighted by molar-refractivity contribution is 6.36. The SMILES string of the molecule is COc1ccc([C@@H]2N(c3ccccc3)O[C@@H]3C(=O)N(c4cc(Cl)cc(Cl)c4)C(=O)[C@@]32C)cc1. The first kappa shape index (κ1) is 21.8. The molecule has 0 spiro atoms. The van der Waals surface area contributed by atoms with Gasteiger partial charge in [-0.25, -0.2) is 9.96 Å². The minimum absolute atomic E-state index is 0.321. The van der Waals surface area contributed by atoms with E-state index in [4.69, 9.17) is 32.8 Å². The number of hydrogen-bond donors (Lipinski definition) is 0. The summed E-state index contributed by atoms with van der Waals surface area (Å²) in [4.78, 5) is 34.8. The monoisotopic (exact) mass is 482 g/mol. The van der Waals surface area contributed by atoms with Crippen LogP contribution in [-0.2, 0) is 14.4 Å². The largest absolute Gasteiger partial charge is 0.497 e. The van der Waals surface area contributed by atoms with Crippen molar-refractivity contribution >= 4 is 46.4 Å². The normalized spacial score (nSPS) is 24.4. The molecule has 2 aliphatic heterocycles. The molecule has 0 saturated carbocycles. The average molecular weight is 483 g/mol. The van der Waals surface area contributed by atoms with Gasteiger partial charge < -0.3 is 4.74 Å². The molecule has 2 saturated heterocycles. The summed E-state index contributed by atoms with van der Waals surface area (Å²) in [6.45, 7) is 1.77. The Bertz CT molecular complexity index is 1210. The molecule has 2 heterocycles. The lowest BCUT2D eigenvalue weighted by atomic mass is 9.76. The van der Waals surface area contributed by atoms with E-state index in [0.717, 1.165) is 16.2 Å². The second-order valence-corrected chi connectivity index (χ2v) is 9.08. The fourth-order valence-corrected chi connectivity index (χ4v) is 5.14. The first-order chi connectivity index (χ1) is 15.8. The predicted molar refractivity (Wildman–Crippen MR) is 127 cm³/mol. The average Bonchev–Trinajstić information content (AvgIpc) is 3.22. The number of carbonyl (C=O) groups is 2. The van der Waals surface area contributed by atoms with E-state index in [9.17, 15) is 9.59 Å². The molecule has 0 unspecified atom stereocenters. The number of amides is 2. The zero-order valence-corrected chi connectivity index (χ0v) is 19.4. The van der Waals surface area contributed by atoms with Crippen LogP contribution in [0.25, 0.3) is 0 Å². The van der Waals surface area contributed by atoms with Gasteiger partial charge in [0.05, 0.1) is 24.5 Å². The Morgan fingerprint density at radius 3 is 2.15 bits per heavy atom. The summed E-state index contributed by atoms with van der Waals surface area (Å²) < 4.78 is 5.29. The number of carbonyl (C=O) groups excluding carboxylic acids is 2. The number of imide groups is 1. The Morgan fingerprint density at radius 2 is 1.55 bits per heavy atom. The second-order valence-electron chi connectivity index (χ2n) is 8.21. The molecular weight excluding hydrogens is 463 g/mol. The van der Waals surface area contributed by atoms with Gasteiger partial charge in [0.15, 0.2) is 6.10 Å². The summed E-state index contributed by atoms with van der Waals surface area (Å²) in [7, 11) is 1.59. The Balaban J connectivity index is 1.64. The number of benzene rings is 3. The molecule has 3 atom stereocenters. The summed E-state index contributed by atoms with van der Waals surface area (Å²) in [6.07, 6.45) is -1.02. The van der Waals surface area contributed by atoms with Crippen molar-refractivity contribution in [1.29, 1.82) is 0 Å². The minimum Gasteiger partial charge on any atom is -0.497 e. The molecule has 33 heavy (non-hydrogen) atoms. The van der Waals surface area contributed by atoms with Gasteiger partial charge in [0.2, 0.25) is 5.91 Å². The molecule has 3 aromatic carbocycles. The molecule has 5 rings (SSSR count). The van der Waals surface area contributed by atoms with Gasteiger partial charge in [0.1, 0.15) is 11.2 Å². The molecule has 168 valence electrons. The molecular formula is C25H20Cl2N2O4. The smallest absolute Gasteiger partial charge is 0.266 e. The van der Waals surface area contributed by atoms with Crippen molar-refractivity contribution in [1.82, 2.24) is 0 Å². The number of halogens is 2. The van der Waals surface area contributed by atoms with Crippen LogP contribution in [0, 0.1) is 5.41 Å². The summed E-state index contributed by atoms with van der Waals surface area (Å²) in [6, 6.07) is 20.9. The number of methoxy groups -OCH3 is 1. The maximum atomic E-state index is 13.9. The zero-order chi connectivity index (χ0) is 23.3. The molecule has 6 nitrogen and oxygen atoms in total. The van der Waals surface area contributed by atoms with Gasteiger partial charge in [0, 0.05) is 10.0 Å². The fraction of sp³-hybridized carbons (Fsp3) is 0.200. The Labute approximate surface area is 201 Å². The van der Waals surface area contributed by atoms with Crippen LogP contribution >= 0.6 is 23.2 Å². The van der Waals surface area contributed by atoms with Gasteiger partial charge in [-0.2, -0.15) is 0 Å². The molecule has 0 N–H and O–H groups in total. The molecule has 0 radical (unpaired) electrons. The third kappa shape index (κ3) is 3.37. The molecule has 2 fully saturated rings. The summed E-state index contributed by atoms with van der Waals surface area (Å²) in [5, 5.41) is 2.32. The van der Waals surface area contributed by atoms with Crippen molar-refractivity contribution in [2.45, 2.75) is 19.1 Å². The van der Waals surface area contributed by atoms with Crippen LogP contribution in [0.5, 0.6) is 5.75 Å². The first-order valence-electron chi connectivity index (χ1n) is 10.3. The van der Waals surface area contributed by atoms with Crippen LogP contribution in [0.3, 0.4) is 0 Å². The molecule has 0 aromatic heterocycles. The summed E-state index contributed by atoms with van der Waals surface area (Å²) >= 11 is 12.3. The van der Waals surface area contributed by atoms with Crippen LogP contribution in [-0.4, -0.2) is 25.0 Å². The predicted octanol–water partition coefficient (Wildman–Crippen LogP) is 5.44. The van der Waals surface area contributed by atoms with Crippen molar-refractivity contribution in [3.8, 4) is 5.75 Å². The van der Waals surface area contributed by atoms with Crippen molar-refractivity contribution in [3.05, 3.63) is 88.4 Å². The van der Waals surface area contributed by atoms with Crippen LogP contribution < -0.4 is 14.7 Å². The highest BCUT2D eigenvalue weighted by Crippen LogP contribution is 2.55. The highest BCUT2D eigenvalue weighted by Gasteiger charge is 2.68. The van der Waals surface area contributed by atoms with Crippen molar-refractivity contribution in [2.24, 2.45) is 5.41 Å². The number of hydrogen-bond acceptors (Lipinski definition) is 5. The lowest BCUT2D eigenvalue weighted by Gasteiger charge is -2.32. The molecule has 3 aromatic rings. The number of para-hydroxylation sites is 1. The van der Waals surface area contributed by atoms with Gasteiger partial charge in [-0.15, -0.1) is 0 Å². The molecule has 0 aliphatic carbocycles. The number of ether oxygens (including phenoxy) is 1. The van der Waals surface area contributed by atoms with Crippen molar-refractivity contribution < 1.29 is 19.2 Å². The third-order valence-corrected chi connectivity index (χ3v) is 6.66.